The number of carbonyl (C=O) groups is 3. The Morgan fingerprint density at radius 1 is 0.862 bits per heavy atom. The minimum Gasteiger partial charge on any atom is -0.457 e. The Labute approximate surface area is 339 Å². The van der Waals surface area contributed by atoms with Crippen LogP contribution in [0, 0.1) is 5.92 Å². The van der Waals surface area contributed by atoms with Crippen molar-refractivity contribution in [1.82, 2.24) is 40.8 Å². The Hall–Kier alpha value is -5.37. The van der Waals surface area contributed by atoms with E-state index in [1.807, 2.05) is 12.4 Å². The predicted octanol–water partition coefficient (Wildman–Crippen LogP) is 7.28. The van der Waals surface area contributed by atoms with Gasteiger partial charge in [-0.05, 0) is 95.0 Å². The molecule has 3 unspecified atom stereocenters. The van der Waals surface area contributed by atoms with E-state index >= 15 is 0 Å². The molecule has 4 aromatic rings. The third-order valence-electron chi connectivity index (χ3n) is 12.6. The highest BCUT2D eigenvalue weighted by Gasteiger charge is 2.51. The molecule has 2 aromatic heterocycles. The maximum atomic E-state index is 13.2. The first kappa shape index (κ1) is 39.5. The lowest BCUT2D eigenvalue weighted by Crippen LogP contribution is -2.47. The molecule has 14 heteroatoms. The first-order valence-electron chi connectivity index (χ1n) is 21.0. The molecule has 308 valence electrons. The minimum atomic E-state index is -0.701. The van der Waals surface area contributed by atoms with E-state index in [0.29, 0.717) is 12.5 Å². The monoisotopic (exact) mass is 792 g/mol. The summed E-state index contributed by atoms with van der Waals surface area (Å²) in [6.07, 6.45) is 15.5. The summed E-state index contributed by atoms with van der Waals surface area (Å²) < 4.78 is 16.2. The summed E-state index contributed by atoms with van der Waals surface area (Å²) in [4.78, 5) is 55.2. The van der Waals surface area contributed by atoms with E-state index in [1.165, 1.54) is 44.6 Å². The number of benzene rings is 2. The molecule has 58 heavy (non-hydrogen) atoms. The van der Waals surface area contributed by atoms with Crippen molar-refractivity contribution in [3.8, 4) is 34.0 Å². The number of hydrogen-bond donors (Lipinski definition) is 5. The van der Waals surface area contributed by atoms with Gasteiger partial charge < -0.3 is 45.0 Å². The van der Waals surface area contributed by atoms with Gasteiger partial charge in [-0.3, -0.25) is 4.79 Å². The second kappa shape index (κ2) is 17.2. The minimum absolute atomic E-state index is 0.0866. The number of methoxy groups -OCH3 is 2. The zero-order valence-electron chi connectivity index (χ0n) is 33.8. The summed E-state index contributed by atoms with van der Waals surface area (Å²) in [5.41, 5.74) is 6.23. The molecule has 3 atom stereocenters. The number of nitrogens with zero attached hydrogens (tertiary/aromatic N) is 3. The third kappa shape index (κ3) is 8.29. The predicted molar refractivity (Wildman–Crippen MR) is 219 cm³/mol. The Bertz CT molecular complexity index is 2100. The fourth-order valence-electron chi connectivity index (χ4n) is 9.29. The van der Waals surface area contributed by atoms with E-state index in [1.54, 1.807) is 11.8 Å². The smallest absolute Gasteiger partial charge is 0.407 e. The Morgan fingerprint density at radius 2 is 1.60 bits per heavy atom. The number of nitrogens with one attached hydrogen (secondary N) is 5. The first-order chi connectivity index (χ1) is 28.3. The topological polar surface area (TPSA) is 176 Å². The first-order valence-corrected chi connectivity index (χ1v) is 21.0. The van der Waals surface area contributed by atoms with E-state index in [4.69, 9.17) is 19.4 Å². The van der Waals surface area contributed by atoms with Gasteiger partial charge in [-0.25, -0.2) is 19.6 Å². The van der Waals surface area contributed by atoms with Gasteiger partial charge in [0, 0.05) is 53.2 Å². The molecule has 0 bridgehead atoms. The zero-order chi connectivity index (χ0) is 40.2. The van der Waals surface area contributed by atoms with Crippen molar-refractivity contribution >= 4 is 18.1 Å². The molecule has 5 N–H and O–H groups in total. The number of imidazole rings is 2. The van der Waals surface area contributed by atoms with Crippen LogP contribution in [0.1, 0.15) is 106 Å². The number of alkyl carbamates (subject to hydrolysis) is 2. The zero-order valence-corrected chi connectivity index (χ0v) is 33.8. The van der Waals surface area contributed by atoms with E-state index in [-0.39, 0.29) is 29.5 Å². The van der Waals surface area contributed by atoms with Crippen LogP contribution >= 0.6 is 0 Å². The number of unbranched alkanes of at least 4 members (excludes halogenated alkanes) is 1. The number of hydrogen-bond acceptors (Lipinski definition) is 9. The Morgan fingerprint density at radius 3 is 2.40 bits per heavy atom. The summed E-state index contributed by atoms with van der Waals surface area (Å²) in [5.74, 6) is 3.81. The van der Waals surface area contributed by atoms with Gasteiger partial charge in [-0.1, -0.05) is 31.4 Å². The lowest BCUT2D eigenvalue weighted by atomic mass is 9.83. The van der Waals surface area contributed by atoms with Crippen molar-refractivity contribution in [2.45, 2.75) is 108 Å². The van der Waals surface area contributed by atoms with Crippen molar-refractivity contribution in [2.24, 2.45) is 5.92 Å². The second-order valence-corrected chi connectivity index (χ2v) is 16.4. The van der Waals surface area contributed by atoms with E-state index in [2.05, 4.69) is 67.1 Å². The molecule has 1 saturated heterocycles. The number of fused-ring (bicyclic) bond motifs is 4. The van der Waals surface area contributed by atoms with Crippen molar-refractivity contribution in [3.63, 3.8) is 0 Å². The lowest BCUT2D eigenvalue weighted by molar-refractivity contribution is -0.134. The molecule has 3 amide bonds. The van der Waals surface area contributed by atoms with Gasteiger partial charge in [0.1, 0.15) is 29.2 Å². The Kier molecular flexibility index (Phi) is 11.7. The molecule has 2 aliphatic heterocycles. The number of aromatic nitrogens is 4. The summed E-state index contributed by atoms with van der Waals surface area (Å²) in [6.45, 7) is 3.92. The lowest BCUT2D eigenvalue weighted by Gasteiger charge is -2.30. The van der Waals surface area contributed by atoms with E-state index in [0.717, 1.165) is 117 Å². The maximum Gasteiger partial charge on any atom is 0.407 e. The van der Waals surface area contributed by atoms with Gasteiger partial charge in [0.05, 0.1) is 44.0 Å². The molecule has 2 aliphatic carbocycles. The van der Waals surface area contributed by atoms with Crippen molar-refractivity contribution in [3.05, 3.63) is 71.6 Å². The molecule has 8 rings (SSSR count). The molecule has 14 nitrogen and oxygen atoms in total. The highest BCUT2D eigenvalue weighted by atomic mass is 16.5. The van der Waals surface area contributed by atoms with Gasteiger partial charge >= 0.3 is 12.2 Å². The van der Waals surface area contributed by atoms with Gasteiger partial charge in [-0.2, -0.15) is 0 Å². The number of amides is 3. The van der Waals surface area contributed by atoms with Crippen LogP contribution in [0.15, 0.2) is 48.8 Å². The number of aromatic amines is 2. The largest absolute Gasteiger partial charge is 0.457 e. The number of ether oxygens (including phenoxy) is 3. The highest BCUT2D eigenvalue weighted by molar-refractivity contribution is 5.85. The number of H-pyrrole nitrogens is 2. The molecular formula is C44H56N8O6. The van der Waals surface area contributed by atoms with Crippen molar-refractivity contribution in [2.75, 3.05) is 33.9 Å². The third-order valence-corrected chi connectivity index (χ3v) is 12.6. The molecule has 4 heterocycles. The number of aryl methyl sites for hydroxylation is 1. The molecule has 2 saturated carbocycles. The molecule has 1 spiro atoms. The fraction of sp³-hybridized carbons (Fsp3) is 0.523. The molecule has 4 aliphatic rings. The quantitative estimate of drug-likeness (QED) is 0.0822. The normalized spacial score (nSPS) is 19.1. The van der Waals surface area contributed by atoms with Crippen LogP contribution in [-0.2, 0) is 26.1 Å². The molecular weight excluding hydrogens is 737 g/mol. The number of carbonyl (C=O) groups excluding carboxylic acids is 3. The van der Waals surface area contributed by atoms with Gasteiger partial charge in [0.15, 0.2) is 0 Å². The second-order valence-electron chi connectivity index (χ2n) is 16.4. The van der Waals surface area contributed by atoms with Crippen LogP contribution in [0.25, 0.3) is 22.5 Å². The Balaban J connectivity index is 0.873. The van der Waals surface area contributed by atoms with Gasteiger partial charge in [-0.15, -0.1) is 0 Å². The summed E-state index contributed by atoms with van der Waals surface area (Å²) in [6, 6.07) is 12.1. The van der Waals surface area contributed by atoms with Crippen molar-refractivity contribution < 1.29 is 28.6 Å². The summed E-state index contributed by atoms with van der Waals surface area (Å²) in [5, 5.41) is 9.22. The molecule has 3 fully saturated rings. The van der Waals surface area contributed by atoms with Gasteiger partial charge in [0.25, 0.3) is 0 Å². The standard InChI is InChI=1S/C44H56N8O6/c1-27(48-42(54)56-2)41(53)52-21-9-12-36(52)40-47-26-35(50-40)29-15-17-37-32(22-29)44(18-19-44)31-16-14-30(23-38(31)58-37)34-25-46-39(49-34)13-7-8-20-45-24-33(51-43(55)57-3)28-10-5-4-6-11-28/h14-17,22-23,25-28,33,36,45H,4-13,18-21,24H2,1-3H3,(H,46,49)(H,47,50)(H,48,54)(H,51,55). The molecule has 2 aromatic carbocycles. The van der Waals surface area contributed by atoms with Crippen LogP contribution in [0.5, 0.6) is 11.5 Å². The average molecular weight is 793 g/mol. The summed E-state index contributed by atoms with van der Waals surface area (Å²) in [7, 11) is 2.71. The van der Waals surface area contributed by atoms with Crippen LogP contribution < -0.4 is 20.7 Å². The molecule has 0 radical (unpaired) electrons. The maximum absolute atomic E-state index is 13.2. The van der Waals surface area contributed by atoms with Crippen LogP contribution in [-0.4, -0.2) is 88.9 Å². The number of likely N-dealkylation sites (tertiary alicyclic amines) is 1. The van der Waals surface area contributed by atoms with E-state index in [9.17, 15) is 14.4 Å². The van der Waals surface area contributed by atoms with E-state index < -0.39 is 12.1 Å². The van der Waals surface area contributed by atoms with Crippen molar-refractivity contribution in [1.29, 1.82) is 0 Å². The highest BCUT2D eigenvalue weighted by Crippen LogP contribution is 2.62. The van der Waals surface area contributed by atoms with Crippen LogP contribution in [0.3, 0.4) is 0 Å². The fourth-order valence-corrected chi connectivity index (χ4v) is 9.29. The average Bonchev–Trinajstić information content (AvgIpc) is 3.59. The van der Waals surface area contributed by atoms with Gasteiger partial charge in [0.2, 0.25) is 5.91 Å². The SMILES string of the molecule is COC(=O)NC(C)C(=O)N1CCCC1c1ncc(-c2ccc3c(c2)C2(CC2)c2ccc(-c4cnc(CCCCNCC(NC(=O)OC)C5CCCCC5)[nH]4)cc2O3)[nH]1. The van der Waals surface area contributed by atoms with Crippen LogP contribution in [0.2, 0.25) is 0 Å². The summed E-state index contributed by atoms with van der Waals surface area (Å²) >= 11 is 0. The van der Waals surface area contributed by atoms with Crippen LogP contribution in [0.4, 0.5) is 9.59 Å². The number of rotatable bonds is 14.